The minimum atomic E-state index is -0.140. The van der Waals surface area contributed by atoms with Crippen molar-refractivity contribution in [2.24, 2.45) is 0 Å². The van der Waals surface area contributed by atoms with Crippen LogP contribution in [-0.2, 0) is 4.79 Å². The zero-order chi connectivity index (χ0) is 15.1. The van der Waals surface area contributed by atoms with Crippen molar-refractivity contribution in [1.82, 2.24) is 4.98 Å². The Labute approximate surface area is 125 Å². The molecule has 4 nitrogen and oxygen atoms in total. The number of benzene rings is 1. The molecule has 2 aromatic rings. The Balaban J connectivity index is 2.11. The van der Waals surface area contributed by atoms with E-state index in [2.05, 4.69) is 17.2 Å². The maximum absolute atomic E-state index is 12.5. The predicted octanol–water partition coefficient (Wildman–Crippen LogP) is 3.61. The van der Waals surface area contributed by atoms with Gasteiger partial charge in [-0.1, -0.05) is 43.7 Å². The first kappa shape index (κ1) is 15.0. The molecule has 4 heteroatoms. The average Bonchev–Trinajstić information content (AvgIpc) is 2.54. The lowest BCUT2D eigenvalue weighted by atomic mass is 9.93. The summed E-state index contributed by atoms with van der Waals surface area (Å²) in [7, 11) is 1.56. The number of carbonyl (C=O) groups is 1. The maximum atomic E-state index is 12.5. The second kappa shape index (κ2) is 7.43. The smallest absolute Gasteiger partial charge is 0.231 e. The SMILES string of the molecule is CCC[C@@H](C(=O)Nc1ccc(OC)nc1)c1ccccc1. The molecule has 1 heterocycles. The lowest BCUT2D eigenvalue weighted by molar-refractivity contribution is -0.117. The van der Waals surface area contributed by atoms with Crippen LogP contribution in [0.15, 0.2) is 48.7 Å². The Morgan fingerprint density at radius 2 is 2.00 bits per heavy atom. The second-order valence-electron chi connectivity index (χ2n) is 4.83. The highest BCUT2D eigenvalue weighted by Gasteiger charge is 2.19. The summed E-state index contributed by atoms with van der Waals surface area (Å²) in [5.41, 5.74) is 1.72. The van der Waals surface area contributed by atoms with Gasteiger partial charge in [-0.2, -0.15) is 0 Å². The van der Waals surface area contributed by atoms with Gasteiger partial charge in [0.05, 0.1) is 24.9 Å². The first-order chi connectivity index (χ1) is 10.2. The Morgan fingerprint density at radius 3 is 2.57 bits per heavy atom. The van der Waals surface area contributed by atoms with Crippen LogP contribution in [0.1, 0.15) is 31.2 Å². The lowest BCUT2D eigenvalue weighted by Gasteiger charge is -2.16. The number of ether oxygens (including phenoxy) is 1. The molecule has 0 aliphatic carbocycles. The fraction of sp³-hybridized carbons (Fsp3) is 0.294. The number of carbonyl (C=O) groups excluding carboxylic acids is 1. The standard InChI is InChI=1S/C17H20N2O2/c1-3-7-15(13-8-5-4-6-9-13)17(20)19-14-10-11-16(21-2)18-12-14/h4-6,8-12,15H,3,7H2,1-2H3,(H,19,20)/t15-/m1/s1. The summed E-state index contributed by atoms with van der Waals surface area (Å²) in [6, 6.07) is 13.4. The summed E-state index contributed by atoms with van der Waals surface area (Å²) in [5, 5.41) is 2.92. The van der Waals surface area contributed by atoms with Crippen LogP contribution in [-0.4, -0.2) is 18.0 Å². The Morgan fingerprint density at radius 1 is 1.24 bits per heavy atom. The summed E-state index contributed by atoms with van der Waals surface area (Å²) in [4.78, 5) is 16.6. The molecule has 0 aliphatic heterocycles. The van der Waals surface area contributed by atoms with E-state index in [9.17, 15) is 4.79 Å². The topological polar surface area (TPSA) is 51.2 Å². The molecule has 1 amide bonds. The van der Waals surface area contributed by atoms with Gasteiger partial charge in [0.15, 0.2) is 0 Å². The van der Waals surface area contributed by atoms with Gasteiger partial charge in [-0.15, -0.1) is 0 Å². The Kier molecular flexibility index (Phi) is 5.32. The maximum Gasteiger partial charge on any atom is 0.231 e. The van der Waals surface area contributed by atoms with Crippen LogP contribution in [0.4, 0.5) is 5.69 Å². The molecule has 0 saturated heterocycles. The number of aromatic nitrogens is 1. The van der Waals surface area contributed by atoms with E-state index >= 15 is 0 Å². The highest BCUT2D eigenvalue weighted by molar-refractivity contribution is 5.95. The number of rotatable bonds is 6. The molecule has 0 spiro atoms. The fourth-order valence-corrected chi connectivity index (χ4v) is 2.23. The number of nitrogens with zero attached hydrogens (tertiary/aromatic N) is 1. The number of anilines is 1. The van der Waals surface area contributed by atoms with Crippen molar-refractivity contribution in [3.05, 3.63) is 54.2 Å². The molecular weight excluding hydrogens is 264 g/mol. The van der Waals surface area contributed by atoms with E-state index < -0.39 is 0 Å². The Hall–Kier alpha value is -2.36. The average molecular weight is 284 g/mol. The minimum absolute atomic E-state index is 0.00461. The number of amides is 1. The van der Waals surface area contributed by atoms with Crippen LogP contribution < -0.4 is 10.1 Å². The van der Waals surface area contributed by atoms with Crippen LogP contribution in [0.25, 0.3) is 0 Å². The molecule has 2 rings (SSSR count). The van der Waals surface area contributed by atoms with Crippen molar-refractivity contribution >= 4 is 11.6 Å². The largest absolute Gasteiger partial charge is 0.481 e. The van der Waals surface area contributed by atoms with Crippen molar-refractivity contribution in [3.8, 4) is 5.88 Å². The van der Waals surface area contributed by atoms with E-state index in [1.54, 1.807) is 25.4 Å². The third-order valence-electron chi connectivity index (χ3n) is 3.31. The van der Waals surface area contributed by atoms with Crippen molar-refractivity contribution < 1.29 is 9.53 Å². The molecule has 21 heavy (non-hydrogen) atoms. The third kappa shape index (κ3) is 4.05. The highest BCUT2D eigenvalue weighted by Crippen LogP contribution is 2.23. The van der Waals surface area contributed by atoms with Crippen molar-refractivity contribution in [3.63, 3.8) is 0 Å². The van der Waals surface area contributed by atoms with Gasteiger partial charge in [0, 0.05) is 6.07 Å². The molecule has 1 aromatic carbocycles. The van der Waals surface area contributed by atoms with Gasteiger partial charge >= 0.3 is 0 Å². The molecule has 1 N–H and O–H groups in total. The van der Waals surface area contributed by atoms with Crippen LogP contribution in [0.5, 0.6) is 5.88 Å². The summed E-state index contributed by atoms with van der Waals surface area (Å²) < 4.78 is 5.01. The van der Waals surface area contributed by atoms with E-state index in [0.29, 0.717) is 11.6 Å². The molecule has 0 unspecified atom stereocenters. The van der Waals surface area contributed by atoms with Crippen LogP contribution in [0, 0.1) is 0 Å². The molecule has 0 radical (unpaired) electrons. The highest BCUT2D eigenvalue weighted by atomic mass is 16.5. The number of methoxy groups -OCH3 is 1. The quantitative estimate of drug-likeness (QED) is 0.881. The number of pyridine rings is 1. The summed E-state index contributed by atoms with van der Waals surface area (Å²) in [6.45, 7) is 2.08. The molecule has 1 atom stereocenters. The number of nitrogens with one attached hydrogen (secondary N) is 1. The molecule has 110 valence electrons. The minimum Gasteiger partial charge on any atom is -0.481 e. The molecule has 0 aliphatic rings. The third-order valence-corrected chi connectivity index (χ3v) is 3.31. The van der Waals surface area contributed by atoms with Gasteiger partial charge in [-0.3, -0.25) is 4.79 Å². The van der Waals surface area contributed by atoms with Gasteiger partial charge in [0.1, 0.15) is 0 Å². The van der Waals surface area contributed by atoms with Gasteiger partial charge < -0.3 is 10.1 Å². The van der Waals surface area contributed by atoms with Crippen molar-refractivity contribution in [2.45, 2.75) is 25.7 Å². The van der Waals surface area contributed by atoms with E-state index in [0.717, 1.165) is 18.4 Å². The summed E-state index contributed by atoms with van der Waals surface area (Å²) in [6.07, 6.45) is 3.37. The monoisotopic (exact) mass is 284 g/mol. The zero-order valence-electron chi connectivity index (χ0n) is 12.4. The van der Waals surface area contributed by atoms with E-state index in [1.807, 2.05) is 30.3 Å². The van der Waals surface area contributed by atoms with Gasteiger partial charge in [-0.05, 0) is 18.1 Å². The normalized spacial score (nSPS) is 11.7. The van der Waals surface area contributed by atoms with Crippen molar-refractivity contribution in [1.29, 1.82) is 0 Å². The summed E-state index contributed by atoms with van der Waals surface area (Å²) in [5.74, 6) is 0.384. The Bertz CT molecular complexity index is 567. The van der Waals surface area contributed by atoms with Crippen molar-refractivity contribution in [2.75, 3.05) is 12.4 Å². The molecule has 0 bridgehead atoms. The molecular formula is C17H20N2O2. The first-order valence-electron chi connectivity index (χ1n) is 7.10. The lowest BCUT2D eigenvalue weighted by Crippen LogP contribution is -2.21. The van der Waals surface area contributed by atoms with Gasteiger partial charge in [0.25, 0.3) is 0 Å². The van der Waals surface area contributed by atoms with Gasteiger partial charge in [-0.25, -0.2) is 4.98 Å². The molecule has 0 saturated carbocycles. The first-order valence-corrected chi connectivity index (χ1v) is 7.10. The van der Waals surface area contributed by atoms with E-state index in [4.69, 9.17) is 4.74 Å². The second-order valence-corrected chi connectivity index (χ2v) is 4.83. The zero-order valence-corrected chi connectivity index (χ0v) is 12.4. The van der Waals surface area contributed by atoms with Gasteiger partial charge in [0.2, 0.25) is 11.8 Å². The summed E-state index contributed by atoms with van der Waals surface area (Å²) >= 11 is 0. The van der Waals surface area contributed by atoms with E-state index in [1.165, 1.54) is 0 Å². The van der Waals surface area contributed by atoms with Crippen LogP contribution in [0.2, 0.25) is 0 Å². The number of hydrogen-bond donors (Lipinski definition) is 1. The van der Waals surface area contributed by atoms with Crippen LogP contribution >= 0.6 is 0 Å². The predicted molar refractivity (Wildman–Crippen MR) is 83.5 cm³/mol. The van der Waals surface area contributed by atoms with Crippen LogP contribution in [0.3, 0.4) is 0 Å². The molecule has 0 fully saturated rings. The van der Waals surface area contributed by atoms with E-state index in [-0.39, 0.29) is 11.8 Å². The number of hydrogen-bond acceptors (Lipinski definition) is 3. The molecule has 1 aromatic heterocycles. The fourth-order valence-electron chi connectivity index (χ4n) is 2.23.